The number of anilines is 2. The van der Waals surface area contributed by atoms with Gasteiger partial charge in [0.25, 0.3) is 0 Å². The first-order valence-corrected chi connectivity index (χ1v) is 6.14. The Balaban J connectivity index is 2.39. The fraction of sp³-hybridized carbons (Fsp3) is 0.200. The number of hydrogen-bond acceptors (Lipinski definition) is 2. The molecule has 5 heteroatoms. The van der Waals surface area contributed by atoms with Crippen molar-refractivity contribution in [2.45, 2.75) is 6.54 Å². The lowest BCUT2D eigenvalue weighted by Crippen LogP contribution is -2.14. The zero-order chi connectivity index (χ0) is 14.7. The molecule has 0 radical (unpaired) electrons. The SMILES string of the molecule is CNCc1cc(F)c(N(C)c2ccc(F)cc2)c(F)c1. The van der Waals surface area contributed by atoms with Crippen LogP contribution in [0.25, 0.3) is 0 Å². The van der Waals surface area contributed by atoms with Gasteiger partial charge in [-0.1, -0.05) is 0 Å². The summed E-state index contributed by atoms with van der Waals surface area (Å²) in [6.07, 6.45) is 0. The third kappa shape index (κ3) is 2.93. The molecule has 0 amide bonds. The molecular formula is C15H15F3N2. The topological polar surface area (TPSA) is 15.3 Å². The first kappa shape index (κ1) is 14.4. The highest BCUT2D eigenvalue weighted by atomic mass is 19.1. The summed E-state index contributed by atoms with van der Waals surface area (Å²) in [5.41, 5.74) is 0.876. The molecule has 0 unspecified atom stereocenters. The summed E-state index contributed by atoms with van der Waals surface area (Å²) in [5.74, 6) is -1.70. The maximum absolute atomic E-state index is 14.1. The van der Waals surface area contributed by atoms with E-state index in [2.05, 4.69) is 5.32 Å². The zero-order valence-electron chi connectivity index (χ0n) is 11.3. The normalized spacial score (nSPS) is 10.7. The number of nitrogens with zero attached hydrogens (tertiary/aromatic N) is 1. The number of hydrogen-bond donors (Lipinski definition) is 1. The van der Waals surface area contributed by atoms with Crippen molar-refractivity contribution in [1.82, 2.24) is 5.32 Å². The minimum atomic E-state index is -0.651. The van der Waals surface area contributed by atoms with Crippen molar-refractivity contribution in [3.8, 4) is 0 Å². The van der Waals surface area contributed by atoms with Crippen LogP contribution in [-0.2, 0) is 6.54 Å². The molecular weight excluding hydrogens is 265 g/mol. The number of benzene rings is 2. The summed E-state index contributed by atoms with van der Waals surface area (Å²) in [6.45, 7) is 0.383. The van der Waals surface area contributed by atoms with Gasteiger partial charge >= 0.3 is 0 Å². The second-order valence-electron chi connectivity index (χ2n) is 4.47. The van der Waals surface area contributed by atoms with Crippen molar-refractivity contribution in [2.24, 2.45) is 0 Å². The van der Waals surface area contributed by atoms with Gasteiger partial charge < -0.3 is 10.2 Å². The number of nitrogens with one attached hydrogen (secondary N) is 1. The van der Waals surface area contributed by atoms with Crippen LogP contribution in [0.3, 0.4) is 0 Å². The van der Waals surface area contributed by atoms with Gasteiger partial charge in [0.1, 0.15) is 23.1 Å². The molecule has 0 aliphatic rings. The van der Waals surface area contributed by atoms with Crippen LogP contribution in [0.15, 0.2) is 36.4 Å². The van der Waals surface area contributed by atoms with Crippen molar-refractivity contribution in [3.05, 3.63) is 59.4 Å². The largest absolute Gasteiger partial charge is 0.340 e. The van der Waals surface area contributed by atoms with Crippen LogP contribution < -0.4 is 10.2 Å². The number of rotatable bonds is 4. The Bertz CT molecular complexity index is 574. The Morgan fingerprint density at radius 3 is 2.05 bits per heavy atom. The van der Waals surface area contributed by atoms with Crippen LogP contribution in [0.2, 0.25) is 0 Å². The van der Waals surface area contributed by atoms with E-state index < -0.39 is 17.5 Å². The highest BCUT2D eigenvalue weighted by Gasteiger charge is 2.16. The maximum Gasteiger partial charge on any atom is 0.150 e. The monoisotopic (exact) mass is 280 g/mol. The molecule has 1 N–H and O–H groups in total. The molecule has 20 heavy (non-hydrogen) atoms. The van der Waals surface area contributed by atoms with Gasteiger partial charge in [-0.25, -0.2) is 13.2 Å². The van der Waals surface area contributed by atoms with Crippen molar-refractivity contribution in [1.29, 1.82) is 0 Å². The van der Waals surface area contributed by atoms with Crippen molar-refractivity contribution >= 4 is 11.4 Å². The molecule has 0 fully saturated rings. The third-order valence-corrected chi connectivity index (χ3v) is 3.01. The minimum absolute atomic E-state index is 0.156. The Morgan fingerprint density at radius 1 is 1.00 bits per heavy atom. The van der Waals surface area contributed by atoms with E-state index in [-0.39, 0.29) is 5.69 Å². The predicted octanol–water partition coefficient (Wildman–Crippen LogP) is 3.59. The van der Waals surface area contributed by atoms with Gasteiger partial charge in [-0.05, 0) is 49.0 Å². The summed E-state index contributed by atoms with van der Waals surface area (Å²) in [4.78, 5) is 1.35. The van der Waals surface area contributed by atoms with E-state index in [1.807, 2.05) is 0 Å². The Morgan fingerprint density at radius 2 is 1.55 bits per heavy atom. The lowest BCUT2D eigenvalue weighted by molar-refractivity contribution is 0.578. The van der Waals surface area contributed by atoms with Crippen molar-refractivity contribution in [3.63, 3.8) is 0 Å². The van der Waals surface area contributed by atoms with Gasteiger partial charge in [-0.15, -0.1) is 0 Å². The van der Waals surface area contributed by atoms with E-state index in [1.165, 1.54) is 48.3 Å². The Hall–Kier alpha value is -2.01. The second-order valence-corrected chi connectivity index (χ2v) is 4.47. The van der Waals surface area contributed by atoms with E-state index in [0.29, 0.717) is 17.8 Å². The molecule has 2 aromatic rings. The van der Waals surface area contributed by atoms with E-state index in [0.717, 1.165) is 0 Å². The molecule has 0 saturated heterocycles. The van der Waals surface area contributed by atoms with E-state index in [4.69, 9.17) is 0 Å². The van der Waals surface area contributed by atoms with E-state index in [1.54, 1.807) is 7.05 Å². The fourth-order valence-corrected chi connectivity index (χ4v) is 2.04. The summed E-state index contributed by atoms with van der Waals surface area (Å²) in [6, 6.07) is 8.00. The molecule has 0 heterocycles. The van der Waals surface area contributed by atoms with Crippen LogP contribution in [0.1, 0.15) is 5.56 Å². The van der Waals surface area contributed by atoms with Gasteiger partial charge in [0.05, 0.1) is 0 Å². The second kappa shape index (κ2) is 5.96. The maximum atomic E-state index is 14.1. The van der Waals surface area contributed by atoms with Gasteiger partial charge in [-0.2, -0.15) is 0 Å². The molecule has 0 aliphatic heterocycles. The molecule has 2 aromatic carbocycles. The van der Waals surface area contributed by atoms with Crippen molar-refractivity contribution in [2.75, 3.05) is 19.0 Å². The van der Waals surface area contributed by atoms with Gasteiger partial charge in [0.15, 0.2) is 0 Å². The van der Waals surface area contributed by atoms with Gasteiger partial charge in [0, 0.05) is 19.3 Å². The summed E-state index contributed by atoms with van der Waals surface area (Å²) < 4.78 is 41.0. The van der Waals surface area contributed by atoms with Crippen LogP contribution in [0, 0.1) is 17.5 Å². The lowest BCUT2D eigenvalue weighted by Gasteiger charge is -2.21. The first-order chi connectivity index (χ1) is 9.52. The van der Waals surface area contributed by atoms with Gasteiger partial charge in [0.2, 0.25) is 0 Å². The van der Waals surface area contributed by atoms with E-state index >= 15 is 0 Å². The molecule has 0 bridgehead atoms. The summed E-state index contributed by atoms with van der Waals surface area (Å²) in [7, 11) is 3.24. The van der Waals surface area contributed by atoms with Crippen LogP contribution in [0.4, 0.5) is 24.5 Å². The van der Waals surface area contributed by atoms with Crippen LogP contribution in [0.5, 0.6) is 0 Å². The average molecular weight is 280 g/mol. The molecule has 0 spiro atoms. The van der Waals surface area contributed by atoms with E-state index in [9.17, 15) is 13.2 Å². The predicted molar refractivity (Wildman–Crippen MR) is 73.6 cm³/mol. The minimum Gasteiger partial charge on any atom is -0.340 e. The average Bonchev–Trinajstić information content (AvgIpc) is 2.39. The Labute approximate surface area is 115 Å². The number of halogens is 3. The molecule has 0 aromatic heterocycles. The van der Waals surface area contributed by atoms with Gasteiger partial charge in [-0.3, -0.25) is 0 Å². The molecule has 0 atom stereocenters. The third-order valence-electron chi connectivity index (χ3n) is 3.01. The first-order valence-electron chi connectivity index (χ1n) is 6.14. The highest BCUT2D eigenvalue weighted by molar-refractivity contribution is 5.63. The summed E-state index contributed by atoms with van der Waals surface area (Å²) in [5, 5.41) is 2.84. The summed E-state index contributed by atoms with van der Waals surface area (Å²) >= 11 is 0. The lowest BCUT2D eigenvalue weighted by atomic mass is 10.1. The highest BCUT2D eigenvalue weighted by Crippen LogP contribution is 2.30. The molecule has 106 valence electrons. The quantitative estimate of drug-likeness (QED) is 0.920. The molecule has 2 nitrogen and oxygen atoms in total. The molecule has 0 saturated carbocycles. The fourth-order valence-electron chi connectivity index (χ4n) is 2.04. The zero-order valence-corrected chi connectivity index (χ0v) is 11.3. The standard InChI is InChI=1S/C15H15F3N2/c1-19-9-10-7-13(17)15(14(18)8-10)20(2)12-5-3-11(16)4-6-12/h3-8,19H,9H2,1-2H3. The molecule has 0 aliphatic carbocycles. The van der Waals surface area contributed by atoms with Crippen LogP contribution >= 0.6 is 0 Å². The van der Waals surface area contributed by atoms with Crippen molar-refractivity contribution < 1.29 is 13.2 Å². The smallest absolute Gasteiger partial charge is 0.150 e. The Kier molecular flexibility index (Phi) is 4.29. The van der Waals surface area contributed by atoms with Crippen LogP contribution in [-0.4, -0.2) is 14.1 Å². The molecule has 2 rings (SSSR count).